The van der Waals surface area contributed by atoms with Crippen LogP contribution in [0.4, 0.5) is 0 Å². The van der Waals surface area contributed by atoms with Crippen LogP contribution in [0, 0.1) is 13.8 Å². The Morgan fingerprint density at radius 2 is 1.80 bits per heavy atom. The molecule has 0 saturated heterocycles. The lowest BCUT2D eigenvalue weighted by Gasteiger charge is -2.41. The van der Waals surface area contributed by atoms with Crippen molar-refractivity contribution in [1.29, 1.82) is 0 Å². The Kier molecular flexibility index (Phi) is 4.40. The molecule has 0 spiro atoms. The van der Waals surface area contributed by atoms with E-state index in [4.69, 9.17) is 4.74 Å². The Morgan fingerprint density at radius 3 is 2.30 bits per heavy atom. The van der Waals surface area contributed by atoms with Crippen LogP contribution in [0.15, 0.2) is 12.1 Å². The largest absolute Gasteiger partial charge is 0.496 e. The fourth-order valence-corrected chi connectivity index (χ4v) is 3.68. The molecule has 1 unspecified atom stereocenters. The SMILES string of the molecule is COc1cc(C)cc(C)c1C(O)C1(N(C)C)CCCC1. The molecule has 0 bridgehead atoms. The number of rotatable bonds is 4. The Hall–Kier alpha value is -1.06. The summed E-state index contributed by atoms with van der Waals surface area (Å²) in [5, 5.41) is 11.1. The summed E-state index contributed by atoms with van der Waals surface area (Å²) >= 11 is 0. The Balaban J connectivity index is 2.49. The average molecular weight is 277 g/mol. The summed E-state index contributed by atoms with van der Waals surface area (Å²) in [5.74, 6) is 0.808. The van der Waals surface area contributed by atoms with Gasteiger partial charge >= 0.3 is 0 Å². The Labute approximate surface area is 122 Å². The molecule has 0 heterocycles. The number of aliphatic hydroxyl groups excluding tert-OH is 1. The zero-order chi connectivity index (χ0) is 14.9. The van der Waals surface area contributed by atoms with Crippen molar-refractivity contribution in [3.05, 3.63) is 28.8 Å². The van der Waals surface area contributed by atoms with Crippen molar-refractivity contribution >= 4 is 0 Å². The molecule has 0 aliphatic heterocycles. The van der Waals surface area contributed by atoms with Crippen LogP contribution in [-0.2, 0) is 0 Å². The van der Waals surface area contributed by atoms with E-state index in [1.54, 1.807) is 7.11 Å². The minimum atomic E-state index is -0.504. The Bertz CT molecular complexity index is 476. The van der Waals surface area contributed by atoms with E-state index in [0.29, 0.717) is 0 Å². The van der Waals surface area contributed by atoms with E-state index in [1.807, 2.05) is 6.07 Å². The van der Waals surface area contributed by atoms with Crippen LogP contribution >= 0.6 is 0 Å². The van der Waals surface area contributed by atoms with Gasteiger partial charge in [-0.15, -0.1) is 0 Å². The maximum atomic E-state index is 11.1. The van der Waals surface area contributed by atoms with Gasteiger partial charge in [-0.3, -0.25) is 0 Å². The first-order chi connectivity index (χ1) is 9.42. The van der Waals surface area contributed by atoms with E-state index >= 15 is 0 Å². The molecule has 1 aromatic carbocycles. The molecule has 1 saturated carbocycles. The molecule has 0 aromatic heterocycles. The first-order valence-electron chi connectivity index (χ1n) is 7.43. The summed E-state index contributed by atoms with van der Waals surface area (Å²) in [5.41, 5.74) is 3.07. The van der Waals surface area contributed by atoms with E-state index in [2.05, 4.69) is 38.9 Å². The molecule has 3 nitrogen and oxygen atoms in total. The summed E-state index contributed by atoms with van der Waals surface area (Å²) in [6.07, 6.45) is 3.94. The summed E-state index contributed by atoms with van der Waals surface area (Å²) < 4.78 is 5.53. The van der Waals surface area contributed by atoms with Crippen LogP contribution in [0.25, 0.3) is 0 Å². The molecule has 1 aromatic rings. The summed E-state index contributed by atoms with van der Waals surface area (Å²) in [6.45, 7) is 4.12. The predicted molar refractivity (Wildman–Crippen MR) is 82.3 cm³/mol. The maximum absolute atomic E-state index is 11.1. The van der Waals surface area contributed by atoms with Crippen molar-refractivity contribution in [3.8, 4) is 5.75 Å². The molecule has 20 heavy (non-hydrogen) atoms. The molecule has 1 aliphatic carbocycles. The number of likely N-dealkylation sites (N-methyl/N-ethyl adjacent to an activating group) is 1. The first kappa shape index (κ1) is 15.3. The summed E-state index contributed by atoms with van der Waals surface area (Å²) in [4.78, 5) is 2.20. The molecular formula is C17H27NO2. The van der Waals surface area contributed by atoms with Crippen LogP contribution in [0.1, 0.15) is 48.5 Å². The fraction of sp³-hybridized carbons (Fsp3) is 0.647. The molecule has 1 aliphatic rings. The monoisotopic (exact) mass is 277 g/mol. The second-order valence-electron chi connectivity index (χ2n) is 6.31. The lowest BCUT2D eigenvalue weighted by atomic mass is 9.82. The lowest BCUT2D eigenvalue weighted by molar-refractivity contribution is -0.00635. The summed E-state index contributed by atoms with van der Waals surface area (Å²) in [7, 11) is 5.83. The van der Waals surface area contributed by atoms with Crippen molar-refractivity contribution in [2.75, 3.05) is 21.2 Å². The first-order valence-corrected chi connectivity index (χ1v) is 7.43. The van der Waals surface area contributed by atoms with Gasteiger partial charge in [0, 0.05) is 5.56 Å². The highest BCUT2D eigenvalue weighted by atomic mass is 16.5. The number of hydrogen-bond acceptors (Lipinski definition) is 3. The van der Waals surface area contributed by atoms with Gasteiger partial charge in [0.25, 0.3) is 0 Å². The highest BCUT2D eigenvalue weighted by Gasteiger charge is 2.44. The second-order valence-corrected chi connectivity index (χ2v) is 6.31. The molecule has 1 atom stereocenters. The number of nitrogens with zero attached hydrogens (tertiary/aromatic N) is 1. The van der Waals surface area contributed by atoms with Gasteiger partial charge in [-0.2, -0.15) is 0 Å². The topological polar surface area (TPSA) is 32.7 Å². The second kappa shape index (κ2) is 5.74. The number of methoxy groups -OCH3 is 1. The number of benzene rings is 1. The van der Waals surface area contributed by atoms with Crippen LogP contribution in [0.5, 0.6) is 5.75 Å². The van der Waals surface area contributed by atoms with E-state index in [9.17, 15) is 5.11 Å². The third-order valence-electron chi connectivity index (χ3n) is 4.86. The van der Waals surface area contributed by atoms with Gasteiger partial charge in [0.05, 0.1) is 12.6 Å². The van der Waals surface area contributed by atoms with Gasteiger partial charge in [-0.25, -0.2) is 0 Å². The standard InChI is InChI=1S/C17H27NO2/c1-12-10-13(2)15(14(11-12)20-5)16(19)17(18(3)4)8-6-7-9-17/h10-11,16,19H,6-9H2,1-5H3. The van der Waals surface area contributed by atoms with Gasteiger partial charge in [-0.1, -0.05) is 18.9 Å². The fourth-order valence-electron chi connectivity index (χ4n) is 3.68. The highest BCUT2D eigenvalue weighted by Crippen LogP contribution is 2.46. The van der Waals surface area contributed by atoms with Gasteiger partial charge in [0.1, 0.15) is 11.9 Å². The molecular weight excluding hydrogens is 250 g/mol. The smallest absolute Gasteiger partial charge is 0.125 e. The average Bonchev–Trinajstić information content (AvgIpc) is 2.87. The Morgan fingerprint density at radius 1 is 1.20 bits per heavy atom. The molecule has 0 amide bonds. The van der Waals surface area contributed by atoms with Crippen LogP contribution < -0.4 is 4.74 Å². The number of ether oxygens (including phenoxy) is 1. The van der Waals surface area contributed by atoms with Gasteiger partial charge in [-0.05, 0) is 58.0 Å². The molecule has 1 N–H and O–H groups in total. The van der Waals surface area contributed by atoms with Crippen LogP contribution in [0.3, 0.4) is 0 Å². The molecule has 0 radical (unpaired) electrons. The van der Waals surface area contributed by atoms with Crippen LogP contribution in [0.2, 0.25) is 0 Å². The minimum Gasteiger partial charge on any atom is -0.496 e. The highest BCUT2D eigenvalue weighted by molar-refractivity contribution is 5.45. The lowest BCUT2D eigenvalue weighted by Crippen LogP contribution is -2.47. The zero-order valence-corrected chi connectivity index (χ0v) is 13.4. The summed E-state index contributed by atoms with van der Waals surface area (Å²) in [6, 6.07) is 4.14. The minimum absolute atomic E-state index is 0.159. The zero-order valence-electron chi connectivity index (χ0n) is 13.4. The van der Waals surface area contributed by atoms with Crippen molar-refractivity contribution in [2.45, 2.75) is 51.2 Å². The van der Waals surface area contributed by atoms with E-state index < -0.39 is 6.10 Å². The third-order valence-corrected chi connectivity index (χ3v) is 4.86. The maximum Gasteiger partial charge on any atom is 0.125 e. The van der Waals surface area contributed by atoms with Crippen molar-refractivity contribution < 1.29 is 9.84 Å². The third kappa shape index (κ3) is 2.45. The number of aryl methyl sites for hydroxylation is 2. The van der Waals surface area contributed by atoms with Gasteiger partial charge in [0.15, 0.2) is 0 Å². The van der Waals surface area contributed by atoms with Crippen molar-refractivity contribution in [1.82, 2.24) is 4.90 Å². The molecule has 1 fully saturated rings. The molecule has 2 rings (SSSR count). The van der Waals surface area contributed by atoms with Gasteiger partial charge < -0.3 is 14.7 Å². The number of hydrogen-bond donors (Lipinski definition) is 1. The normalized spacial score (nSPS) is 19.4. The van der Waals surface area contributed by atoms with Gasteiger partial charge in [0.2, 0.25) is 0 Å². The molecule has 3 heteroatoms. The van der Waals surface area contributed by atoms with Crippen molar-refractivity contribution in [3.63, 3.8) is 0 Å². The quantitative estimate of drug-likeness (QED) is 0.917. The predicted octanol–water partition coefficient (Wildman–Crippen LogP) is 3.22. The van der Waals surface area contributed by atoms with Crippen molar-refractivity contribution in [2.24, 2.45) is 0 Å². The van der Waals surface area contributed by atoms with E-state index in [-0.39, 0.29) is 5.54 Å². The van der Waals surface area contributed by atoms with E-state index in [0.717, 1.165) is 29.7 Å². The number of aliphatic hydroxyl groups is 1. The van der Waals surface area contributed by atoms with Crippen LogP contribution in [-0.4, -0.2) is 36.8 Å². The van der Waals surface area contributed by atoms with E-state index in [1.165, 1.54) is 18.4 Å². The molecule has 112 valence electrons.